The Bertz CT molecular complexity index is 776. The van der Waals surface area contributed by atoms with Gasteiger partial charge in [0.05, 0.1) is 9.82 Å². The summed E-state index contributed by atoms with van der Waals surface area (Å²) < 4.78 is 31.6. The average molecular weight is 370 g/mol. The lowest BCUT2D eigenvalue weighted by molar-refractivity contribution is -0.386. The number of Topliss-reactive ketones (excluding diaryl/α,β-unsaturated/α-hetero) is 1. The first-order valence-corrected chi connectivity index (χ1v) is 9.42. The Morgan fingerprint density at radius 3 is 2.40 bits per heavy atom. The second-order valence-electron chi connectivity index (χ2n) is 6.96. The van der Waals surface area contributed by atoms with E-state index >= 15 is 0 Å². The van der Waals surface area contributed by atoms with Crippen molar-refractivity contribution in [1.29, 1.82) is 0 Å². The van der Waals surface area contributed by atoms with E-state index in [-0.39, 0.29) is 23.0 Å². The maximum atomic E-state index is 12.5. The maximum Gasteiger partial charge on any atom is 0.312 e. The fraction of sp³-hybridized carbons (Fsp3) is 0.562. The average Bonchev–Trinajstić information content (AvgIpc) is 3.06. The Morgan fingerprint density at radius 2 is 1.88 bits per heavy atom. The third kappa shape index (κ3) is 4.35. The number of ether oxygens (including phenoxy) is 1. The number of nitrogens with zero attached hydrogens (tertiary/aromatic N) is 2. The lowest BCUT2D eigenvalue weighted by Gasteiger charge is -2.17. The monoisotopic (exact) mass is 370 g/mol. The molecule has 1 saturated heterocycles. The molecule has 0 bridgehead atoms. The molecule has 0 amide bonds. The molecule has 1 aliphatic heterocycles. The summed E-state index contributed by atoms with van der Waals surface area (Å²) >= 11 is 0. The van der Waals surface area contributed by atoms with E-state index in [4.69, 9.17) is 4.74 Å². The number of sulfonamides is 1. The summed E-state index contributed by atoms with van der Waals surface area (Å²) in [5, 5.41) is 11.3. The molecule has 25 heavy (non-hydrogen) atoms. The van der Waals surface area contributed by atoms with Gasteiger partial charge in [0.15, 0.2) is 11.5 Å². The van der Waals surface area contributed by atoms with Gasteiger partial charge in [0.2, 0.25) is 10.0 Å². The van der Waals surface area contributed by atoms with Gasteiger partial charge in [0, 0.05) is 24.6 Å². The van der Waals surface area contributed by atoms with E-state index in [0.717, 1.165) is 18.9 Å². The zero-order valence-electron chi connectivity index (χ0n) is 14.5. The van der Waals surface area contributed by atoms with Crippen molar-refractivity contribution in [3.8, 4) is 5.75 Å². The number of rotatable bonds is 6. The standard InChI is InChI=1S/C16H22N2O6S/c1-16(2,3)15(19)11-24-14-7-6-12(10-13(14)18(20)21)25(22,23)17-8-4-5-9-17/h6-7,10H,4-5,8-9,11H2,1-3H3. The van der Waals surface area contributed by atoms with E-state index in [1.54, 1.807) is 20.8 Å². The number of carbonyl (C=O) groups excluding carboxylic acids is 1. The van der Waals surface area contributed by atoms with Gasteiger partial charge in [0.1, 0.15) is 6.61 Å². The highest BCUT2D eigenvalue weighted by atomic mass is 32.2. The molecule has 8 nitrogen and oxygen atoms in total. The van der Waals surface area contributed by atoms with Crippen LogP contribution >= 0.6 is 0 Å². The van der Waals surface area contributed by atoms with Gasteiger partial charge in [0.25, 0.3) is 0 Å². The van der Waals surface area contributed by atoms with Crippen LogP contribution in [-0.4, -0.2) is 43.1 Å². The van der Waals surface area contributed by atoms with Crippen LogP contribution in [-0.2, 0) is 14.8 Å². The van der Waals surface area contributed by atoms with Crippen molar-refractivity contribution >= 4 is 21.5 Å². The van der Waals surface area contributed by atoms with Gasteiger partial charge < -0.3 is 4.74 Å². The first kappa shape index (κ1) is 19.3. The molecule has 0 aliphatic carbocycles. The molecule has 0 aromatic heterocycles. The molecule has 0 saturated carbocycles. The summed E-state index contributed by atoms with van der Waals surface area (Å²) in [6, 6.07) is 3.50. The minimum atomic E-state index is -3.76. The largest absolute Gasteiger partial charge is 0.479 e. The molecular formula is C16H22N2O6S. The van der Waals surface area contributed by atoms with E-state index < -0.39 is 26.0 Å². The molecule has 9 heteroatoms. The Balaban J connectivity index is 2.29. The van der Waals surface area contributed by atoms with Crippen molar-refractivity contribution in [1.82, 2.24) is 4.31 Å². The summed E-state index contributed by atoms with van der Waals surface area (Å²) in [7, 11) is -3.76. The number of hydrogen-bond acceptors (Lipinski definition) is 6. The molecule has 1 heterocycles. The number of nitro benzene ring substituents is 1. The van der Waals surface area contributed by atoms with Crippen LogP contribution in [0.4, 0.5) is 5.69 Å². The summed E-state index contributed by atoms with van der Waals surface area (Å²) in [5.74, 6) is -0.335. The Kier molecular flexibility index (Phi) is 5.48. The third-order valence-electron chi connectivity index (χ3n) is 4.03. The maximum absolute atomic E-state index is 12.5. The third-order valence-corrected chi connectivity index (χ3v) is 5.92. The first-order valence-electron chi connectivity index (χ1n) is 7.98. The molecule has 1 aromatic rings. The molecular weight excluding hydrogens is 348 g/mol. The van der Waals surface area contributed by atoms with Crippen molar-refractivity contribution in [2.24, 2.45) is 5.41 Å². The van der Waals surface area contributed by atoms with E-state index in [0.29, 0.717) is 13.1 Å². The molecule has 1 aliphatic rings. The quantitative estimate of drug-likeness (QED) is 0.562. The molecule has 0 unspecified atom stereocenters. The highest BCUT2D eigenvalue weighted by Gasteiger charge is 2.30. The molecule has 0 radical (unpaired) electrons. The molecule has 2 rings (SSSR count). The van der Waals surface area contributed by atoms with E-state index in [1.165, 1.54) is 16.4 Å². The Hall–Kier alpha value is -2.00. The van der Waals surface area contributed by atoms with Gasteiger partial charge in [-0.1, -0.05) is 20.8 Å². The van der Waals surface area contributed by atoms with Crippen LogP contribution in [0.1, 0.15) is 33.6 Å². The highest BCUT2D eigenvalue weighted by molar-refractivity contribution is 7.89. The number of carbonyl (C=O) groups is 1. The van der Waals surface area contributed by atoms with Crippen molar-refractivity contribution in [3.63, 3.8) is 0 Å². The highest BCUT2D eigenvalue weighted by Crippen LogP contribution is 2.32. The minimum absolute atomic E-state index is 0.122. The van der Waals surface area contributed by atoms with Crippen LogP contribution in [0.5, 0.6) is 5.75 Å². The van der Waals surface area contributed by atoms with Gasteiger partial charge in [-0.05, 0) is 25.0 Å². The van der Waals surface area contributed by atoms with E-state index in [2.05, 4.69) is 0 Å². The minimum Gasteiger partial charge on any atom is -0.479 e. The molecule has 0 spiro atoms. The summed E-state index contributed by atoms with van der Waals surface area (Å²) in [5.41, 5.74) is -1.10. The molecule has 0 atom stereocenters. The van der Waals surface area contributed by atoms with Crippen LogP contribution in [0.15, 0.2) is 23.1 Å². The van der Waals surface area contributed by atoms with Gasteiger partial charge in [-0.2, -0.15) is 4.31 Å². The lowest BCUT2D eigenvalue weighted by atomic mass is 9.91. The zero-order valence-corrected chi connectivity index (χ0v) is 15.3. The van der Waals surface area contributed by atoms with E-state index in [1.807, 2.05) is 0 Å². The van der Waals surface area contributed by atoms with Crippen LogP contribution in [0.3, 0.4) is 0 Å². The van der Waals surface area contributed by atoms with E-state index in [9.17, 15) is 23.3 Å². The molecule has 1 aromatic carbocycles. The molecule has 0 N–H and O–H groups in total. The summed E-state index contributed by atoms with van der Waals surface area (Å²) in [4.78, 5) is 22.4. The predicted molar refractivity (Wildman–Crippen MR) is 91.0 cm³/mol. The number of benzene rings is 1. The van der Waals surface area contributed by atoms with Gasteiger partial charge in [-0.25, -0.2) is 8.42 Å². The van der Waals surface area contributed by atoms with Gasteiger partial charge in [-0.3, -0.25) is 14.9 Å². The first-order chi connectivity index (χ1) is 11.5. The zero-order chi connectivity index (χ0) is 18.8. The van der Waals surface area contributed by atoms with Crippen LogP contribution < -0.4 is 4.74 Å². The Morgan fingerprint density at radius 1 is 1.28 bits per heavy atom. The number of ketones is 1. The SMILES string of the molecule is CC(C)(C)C(=O)COc1ccc(S(=O)(=O)N2CCCC2)cc1[N+](=O)[O-]. The van der Waals surface area contributed by atoms with Crippen LogP contribution in [0, 0.1) is 15.5 Å². The Labute approximate surface area is 147 Å². The van der Waals surface area contributed by atoms with Gasteiger partial charge in [-0.15, -0.1) is 0 Å². The topological polar surface area (TPSA) is 107 Å². The van der Waals surface area contributed by atoms with Crippen molar-refractivity contribution in [2.75, 3.05) is 19.7 Å². The van der Waals surface area contributed by atoms with Crippen LogP contribution in [0.25, 0.3) is 0 Å². The van der Waals surface area contributed by atoms with Gasteiger partial charge >= 0.3 is 5.69 Å². The predicted octanol–water partition coefficient (Wildman–Crippen LogP) is 2.37. The van der Waals surface area contributed by atoms with Crippen molar-refractivity contribution in [2.45, 2.75) is 38.5 Å². The molecule has 138 valence electrons. The number of nitro groups is 1. The summed E-state index contributed by atoms with van der Waals surface area (Å²) in [6.45, 7) is 5.67. The van der Waals surface area contributed by atoms with Crippen LogP contribution in [0.2, 0.25) is 0 Å². The summed E-state index contributed by atoms with van der Waals surface area (Å²) in [6.07, 6.45) is 1.55. The van der Waals surface area contributed by atoms with Crippen molar-refractivity contribution < 1.29 is 22.9 Å². The van der Waals surface area contributed by atoms with Crippen molar-refractivity contribution in [3.05, 3.63) is 28.3 Å². The second-order valence-corrected chi connectivity index (χ2v) is 8.90. The fourth-order valence-corrected chi connectivity index (χ4v) is 3.90. The fourth-order valence-electron chi connectivity index (χ4n) is 2.36. The smallest absolute Gasteiger partial charge is 0.312 e. The second kappa shape index (κ2) is 7.09. The normalized spacial score (nSPS) is 16.0. The molecule has 1 fully saturated rings. The lowest BCUT2D eigenvalue weighted by Crippen LogP contribution is -2.28. The number of hydrogen-bond donors (Lipinski definition) is 0.